The Morgan fingerprint density at radius 1 is 1.07 bits per heavy atom. The van der Waals surface area contributed by atoms with Crippen LogP contribution in [0.5, 0.6) is 5.75 Å². The first kappa shape index (κ1) is 30.9. The Morgan fingerprint density at radius 3 is 2.55 bits per heavy atom. The van der Waals surface area contributed by atoms with Gasteiger partial charge < -0.3 is 19.9 Å². The highest BCUT2D eigenvalue weighted by Crippen LogP contribution is 2.45. The van der Waals surface area contributed by atoms with E-state index in [0.717, 1.165) is 22.9 Å². The minimum atomic E-state index is -1.33. The van der Waals surface area contributed by atoms with Crippen LogP contribution in [0, 0.1) is 5.92 Å². The maximum Gasteiger partial charge on any atom is 0.252 e. The van der Waals surface area contributed by atoms with E-state index < -0.39 is 11.6 Å². The Bertz CT molecular complexity index is 1410. The van der Waals surface area contributed by atoms with Gasteiger partial charge in [-0.2, -0.15) is 0 Å². The molecule has 2 atom stereocenters. The van der Waals surface area contributed by atoms with E-state index in [2.05, 4.69) is 21.2 Å². The second kappa shape index (κ2) is 14.3. The number of rotatable bonds is 11. The lowest BCUT2D eigenvalue weighted by molar-refractivity contribution is -0.129. The largest absolute Gasteiger partial charge is 0.494 e. The number of carbonyl (C=O) groups excluding carboxylic acids is 1. The molecule has 0 spiro atoms. The summed E-state index contributed by atoms with van der Waals surface area (Å²) in [7, 11) is 0. The molecule has 0 saturated heterocycles. The van der Waals surface area contributed by atoms with Crippen molar-refractivity contribution in [1.29, 1.82) is 0 Å². The Hall–Kier alpha value is -2.58. The van der Waals surface area contributed by atoms with Crippen LogP contribution in [0.3, 0.4) is 0 Å². The van der Waals surface area contributed by atoms with Gasteiger partial charge >= 0.3 is 0 Å². The second-order valence-corrected chi connectivity index (χ2v) is 12.6. The van der Waals surface area contributed by atoms with Crippen molar-refractivity contribution in [1.82, 2.24) is 5.32 Å². The van der Waals surface area contributed by atoms with E-state index in [1.54, 1.807) is 12.1 Å². The molecule has 6 nitrogen and oxygen atoms in total. The average molecular weight is 674 g/mol. The monoisotopic (exact) mass is 672 g/mol. The first-order chi connectivity index (χ1) is 20.4. The number of aliphatic hydroxyl groups is 1. The summed E-state index contributed by atoms with van der Waals surface area (Å²) in [6.07, 6.45) is 5.91. The molecule has 0 unspecified atom stereocenters. The van der Waals surface area contributed by atoms with Crippen LogP contribution in [0.1, 0.15) is 61.3 Å². The van der Waals surface area contributed by atoms with E-state index in [9.17, 15) is 4.79 Å². The second-order valence-electron chi connectivity index (χ2n) is 10.9. The number of hydrogen-bond acceptors (Lipinski definition) is 5. The van der Waals surface area contributed by atoms with Crippen LogP contribution in [0.25, 0.3) is 0 Å². The fourth-order valence-corrected chi connectivity index (χ4v) is 6.62. The topological polar surface area (TPSA) is 80.2 Å². The zero-order chi connectivity index (χ0) is 29.5. The van der Waals surface area contributed by atoms with Crippen molar-refractivity contribution in [2.45, 2.75) is 56.6 Å². The Morgan fingerprint density at radius 2 is 1.83 bits per heavy atom. The maximum atomic E-state index is 14.4. The summed E-state index contributed by atoms with van der Waals surface area (Å²) in [5.74, 6) is 1.28. The SMILES string of the molecule is O=C(NCC1CCCCC1)[C@]1(Cc2ccccc2Br)N=C(c2ccc(OCCCO)cc2)O[C@@H]1c1ccc(Cl)cc1Cl. The van der Waals surface area contributed by atoms with Gasteiger partial charge in [-0.05, 0) is 66.8 Å². The standard InChI is InChI=1S/C33H35BrCl2N2O4/c34-28-10-5-4-9-24(28)20-33(32(40)37-21-22-7-2-1-3-8-22)30(27-16-13-25(35)19-29(27)36)42-31(38-33)23-11-14-26(15-12-23)41-18-6-17-39/h4-5,9-16,19,22,30,39H,1-3,6-8,17-18,20-21H2,(H,37,40)/t30-,33-/m1/s1. The maximum absolute atomic E-state index is 14.4. The first-order valence-corrected chi connectivity index (χ1v) is 16.0. The fourth-order valence-electron chi connectivity index (χ4n) is 5.69. The Balaban J connectivity index is 1.56. The van der Waals surface area contributed by atoms with E-state index in [-0.39, 0.29) is 12.5 Å². The van der Waals surface area contributed by atoms with Crippen molar-refractivity contribution in [3.63, 3.8) is 0 Å². The number of nitrogens with one attached hydrogen (secondary N) is 1. The summed E-state index contributed by atoms with van der Waals surface area (Å²) < 4.78 is 13.2. The quantitative estimate of drug-likeness (QED) is 0.204. The minimum absolute atomic E-state index is 0.0692. The molecule has 3 aromatic carbocycles. The van der Waals surface area contributed by atoms with Crippen molar-refractivity contribution in [2.75, 3.05) is 19.8 Å². The van der Waals surface area contributed by atoms with Gasteiger partial charge in [0.2, 0.25) is 5.90 Å². The van der Waals surface area contributed by atoms with E-state index in [0.29, 0.717) is 64.7 Å². The summed E-state index contributed by atoms with van der Waals surface area (Å²) in [5, 5.41) is 13.2. The van der Waals surface area contributed by atoms with Gasteiger partial charge in [0, 0.05) is 51.6 Å². The van der Waals surface area contributed by atoms with Crippen molar-refractivity contribution in [2.24, 2.45) is 10.9 Å². The van der Waals surface area contributed by atoms with E-state index in [4.69, 9.17) is 42.8 Å². The summed E-state index contributed by atoms with van der Waals surface area (Å²) in [6.45, 7) is 1.09. The third kappa shape index (κ3) is 7.13. The lowest BCUT2D eigenvalue weighted by Gasteiger charge is -2.32. The first-order valence-electron chi connectivity index (χ1n) is 14.5. The van der Waals surface area contributed by atoms with E-state index in [1.807, 2.05) is 54.6 Å². The van der Waals surface area contributed by atoms with Crippen LogP contribution >= 0.6 is 39.1 Å². The van der Waals surface area contributed by atoms with Crippen molar-refractivity contribution in [3.8, 4) is 5.75 Å². The summed E-state index contributed by atoms with van der Waals surface area (Å²) in [6, 6.07) is 20.5. The number of ether oxygens (including phenoxy) is 2. The molecule has 9 heteroatoms. The molecular weight excluding hydrogens is 639 g/mol. The van der Waals surface area contributed by atoms with Gasteiger partial charge in [-0.15, -0.1) is 0 Å². The molecular formula is C33H35BrCl2N2O4. The van der Waals surface area contributed by atoms with E-state index in [1.165, 1.54) is 19.3 Å². The van der Waals surface area contributed by atoms with Gasteiger partial charge in [0.05, 0.1) is 6.61 Å². The molecule has 3 aromatic rings. The number of benzene rings is 3. The predicted octanol–water partition coefficient (Wildman–Crippen LogP) is 7.71. The number of aliphatic hydroxyl groups excluding tert-OH is 1. The number of carbonyl (C=O) groups is 1. The normalized spacial score (nSPS) is 20.6. The number of aliphatic imine (C=N–C) groups is 1. The molecule has 0 radical (unpaired) electrons. The smallest absolute Gasteiger partial charge is 0.252 e. The molecule has 2 aliphatic rings. The molecule has 0 aromatic heterocycles. The molecule has 42 heavy (non-hydrogen) atoms. The third-order valence-electron chi connectivity index (χ3n) is 7.97. The third-order valence-corrected chi connectivity index (χ3v) is 9.30. The van der Waals surface area contributed by atoms with Gasteiger partial charge in [-0.25, -0.2) is 4.99 Å². The highest BCUT2D eigenvalue weighted by Gasteiger charge is 2.54. The Labute approximate surface area is 265 Å². The molecule has 222 valence electrons. The fraction of sp³-hybridized carbons (Fsp3) is 0.394. The zero-order valence-electron chi connectivity index (χ0n) is 23.3. The van der Waals surface area contributed by atoms with Gasteiger partial charge in [-0.3, -0.25) is 4.79 Å². The molecule has 1 aliphatic heterocycles. The van der Waals surface area contributed by atoms with Crippen LogP contribution in [-0.2, 0) is 16.0 Å². The molecule has 1 aliphatic carbocycles. The molecule has 0 bridgehead atoms. The van der Waals surface area contributed by atoms with Gasteiger partial charge in [0.15, 0.2) is 11.6 Å². The van der Waals surface area contributed by atoms with Crippen molar-refractivity contribution in [3.05, 3.63) is 97.9 Å². The molecule has 1 amide bonds. The number of halogens is 3. The van der Waals surface area contributed by atoms with E-state index >= 15 is 0 Å². The molecule has 1 saturated carbocycles. The number of nitrogens with zero attached hydrogens (tertiary/aromatic N) is 1. The predicted molar refractivity (Wildman–Crippen MR) is 171 cm³/mol. The highest BCUT2D eigenvalue weighted by atomic mass is 79.9. The lowest BCUT2D eigenvalue weighted by Crippen LogP contribution is -2.51. The average Bonchev–Trinajstić information content (AvgIpc) is 3.38. The minimum Gasteiger partial charge on any atom is -0.494 e. The summed E-state index contributed by atoms with van der Waals surface area (Å²) in [5.41, 5.74) is 0.959. The van der Waals surface area contributed by atoms with Crippen LogP contribution in [-0.4, -0.2) is 42.2 Å². The van der Waals surface area contributed by atoms with Gasteiger partial charge in [0.1, 0.15) is 5.75 Å². The van der Waals surface area contributed by atoms with Crippen LogP contribution in [0.15, 0.2) is 76.2 Å². The molecule has 5 rings (SSSR count). The Kier molecular flexibility index (Phi) is 10.5. The molecule has 1 fully saturated rings. The molecule has 2 N–H and O–H groups in total. The summed E-state index contributed by atoms with van der Waals surface area (Å²) >= 11 is 16.7. The van der Waals surface area contributed by atoms with Crippen molar-refractivity contribution < 1.29 is 19.4 Å². The van der Waals surface area contributed by atoms with Crippen LogP contribution in [0.2, 0.25) is 10.0 Å². The zero-order valence-corrected chi connectivity index (χ0v) is 26.4. The highest BCUT2D eigenvalue weighted by molar-refractivity contribution is 9.10. The van der Waals surface area contributed by atoms with Crippen LogP contribution in [0.4, 0.5) is 0 Å². The lowest BCUT2D eigenvalue weighted by atomic mass is 9.81. The van der Waals surface area contributed by atoms with Crippen LogP contribution < -0.4 is 10.1 Å². The van der Waals surface area contributed by atoms with Gasteiger partial charge in [0.25, 0.3) is 5.91 Å². The van der Waals surface area contributed by atoms with Crippen molar-refractivity contribution >= 4 is 50.9 Å². The van der Waals surface area contributed by atoms with Gasteiger partial charge in [-0.1, -0.05) is 82.7 Å². The summed E-state index contributed by atoms with van der Waals surface area (Å²) in [4.78, 5) is 19.6. The number of hydrogen-bond donors (Lipinski definition) is 2. The molecule has 1 heterocycles. The number of amides is 1.